The molecule has 0 spiro atoms. The molecule has 0 aromatic heterocycles. The predicted molar refractivity (Wildman–Crippen MR) is 107 cm³/mol. The van der Waals surface area contributed by atoms with Crippen molar-refractivity contribution < 1.29 is 18.8 Å². The molecule has 6 nitrogen and oxygen atoms in total. The molecule has 2 aromatic carbocycles. The number of likely N-dealkylation sites (tertiary alicyclic amines) is 1. The summed E-state index contributed by atoms with van der Waals surface area (Å²) in [6.45, 7) is 1.63. The SMILES string of the molecule is O=C(Nc1cccc(C(=O)N2CCCC2)c1)C1CC(=O)N(c2ccccc2F)C1. The van der Waals surface area contributed by atoms with Crippen LogP contribution in [0.2, 0.25) is 0 Å². The molecule has 1 unspecified atom stereocenters. The van der Waals surface area contributed by atoms with Crippen molar-refractivity contribution in [3.8, 4) is 0 Å². The van der Waals surface area contributed by atoms with Crippen LogP contribution in [0.4, 0.5) is 15.8 Å². The van der Waals surface area contributed by atoms with Gasteiger partial charge in [0.1, 0.15) is 5.82 Å². The topological polar surface area (TPSA) is 69.7 Å². The average Bonchev–Trinajstić information content (AvgIpc) is 3.38. The maximum atomic E-state index is 14.0. The van der Waals surface area contributed by atoms with E-state index in [0.717, 1.165) is 25.9 Å². The third-order valence-corrected chi connectivity index (χ3v) is 5.41. The first-order valence-corrected chi connectivity index (χ1v) is 9.78. The Morgan fingerprint density at radius 3 is 2.55 bits per heavy atom. The number of rotatable bonds is 4. The van der Waals surface area contributed by atoms with E-state index in [9.17, 15) is 18.8 Å². The molecule has 1 N–H and O–H groups in total. The fourth-order valence-corrected chi connectivity index (χ4v) is 3.86. The van der Waals surface area contributed by atoms with Crippen molar-refractivity contribution in [1.82, 2.24) is 4.90 Å². The van der Waals surface area contributed by atoms with Crippen LogP contribution >= 0.6 is 0 Å². The zero-order valence-electron chi connectivity index (χ0n) is 15.9. The first-order valence-electron chi connectivity index (χ1n) is 9.78. The Morgan fingerprint density at radius 1 is 1.03 bits per heavy atom. The van der Waals surface area contributed by atoms with Gasteiger partial charge in [0.25, 0.3) is 5.91 Å². The molecule has 29 heavy (non-hydrogen) atoms. The highest BCUT2D eigenvalue weighted by molar-refractivity contribution is 6.04. The minimum atomic E-state index is -0.583. The first kappa shape index (κ1) is 19.1. The highest BCUT2D eigenvalue weighted by Gasteiger charge is 2.36. The third-order valence-electron chi connectivity index (χ3n) is 5.41. The van der Waals surface area contributed by atoms with Gasteiger partial charge in [-0.25, -0.2) is 4.39 Å². The zero-order chi connectivity index (χ0) is 20.4. The summed E-state index contributed by atoms with van der Waals surface area (Å²) in [6.07, 6.45) is 2.04. The molecular weight excluding hydrogens is 373 g/mol. The van der Waals surface area contributed by atoms with Gasteiger partial charge < -0.3 is 15.1 Å². The van der Waals surface area contributed by atoms with Crippen molar-refractivity contribution in [2.75, 3.05) is 29.9 Å². The molecule has 2 aromatic rings. The van der Waals surface area contributed by atoms with Gasteiger partial charge in [0.2, 0.25) is 11.8 Å². The van der Waals surface area contributed by atoms with Crippen LogP contribution in [-0.2, 0) is 9.59 Å². The van der Waals surface area contributed by atoms with Gasteiger partial charge in [0.15, 0.2) is 0 Å². The minimum Gasteiger partial charge on any atom is -0.339 e. The summed E-state index contributed by atoms with van der Waals surface area (Å²) >= 11 is 0. The van der Waals surface area contributed by atoms with E-state index in [1.54, 1.807) is 36.4 Å². The number of para-hydroxylation sites is 1. The van der Waals surface area contributed by atoms with Crippen LogP contribution in [0, 0.1) is 11.7 Å². The number of hydrogen-bond donors (Lipinski definition) is 1. The molecule has 4 rings (SSSR count). The van der Waals surface area contributed by atoms with E-state index in [1.807, 2.05) is 4.90 Å². The number of halogens is 1. The van der Waals surface area contributed by atoms with Crippen molar-refractivity contribution in [3.05, 3.63) is 59.9 Å². The summed E-state index contributed by atoms with van der Waals surface area (Å²) < 4.78 is 14.0. The zero-order valence-corrected chi connectivity index (χ0v) is 15.9. The second kappa shape index (κ2) is 8.03. The number of nitrogens with one attached hydrogen (secondary N) is 1. The van der Waals surface area contributed by atoms with Crippen LogP contribution in [0.3, 0.4) is 0 Å². The monoisotopic (exact) mass is 395 g/mol. The van der Waals surface area contributed by atoms with E-state index >= 15 is 0 Å². The Balaban J connectivity index is 1.43. The van der Waals surface area contributed by atoms with E-state index < -0.39 is 11.7 Å². The quantitative estimate of drug-likeness (QED) is 0.865. The lowest BCUT2D eigenvalue weighted by Gasteiger charge is -2.18. The average molecular weight is 395 g/mol. The predicted octanol–water partition coefficient (Wildman–Crippen LogP) is 3.05. The van der Waals surface area contributed by atoms with E-state index in [2.05, 4.69) is 5.32 Å². The van der Waals surface area contributed by atoms with E-state index in [0.29, 0.717) is 11.3 Å². The van der Waals surface area contributed by atoms with Crippen molar-refractivity contribution in [1.29, 1.82) is 0 Å². The van der Waals surface area contributed by atoms with Crippen LogP contribution in [0.1, 0.15) is 29.6 Å². The van der Waals surface area contributed by atoms with Gasteiger partial charge >= 0.3 is 0 Å². The van der Waals surface area contributed by atoms with E-state index in [4.69, 9.17) is 0 Å². The number of anilines is 2. The van der Waals surface area contributed by atoms with Gasteiger partial charge in [-0.15, -0.1) is 0 Å². The number of hydrogen-bond acceptors (Lipinski definition) is 3. The molecule has 0 radical (unpaired) electrons. The Labute approximate surface area is 168 Å². The van der Waals surface area contributed by atoms with E-state index in [-0.39, 0.29) is 36.4 Å². The Bertz CT molecular complexity index is 956. The summed E-state index contributed by atoms with van der Waals surface area (Å²) in [7, 11) is 0. The molecule has 7 heteroatoms. The lowest BCUT2D eigenvalue weighted by molar-refractivity contribution is -0.122. The normalized spacial score (nSPS) is 18.9. The minimum absolute atomic E-state index is 0.0204. The molecule has 0 bridgehead atoms. The van der Waals surface area contributed by atoms with Crippen molar-refractivity contribution in [2.45, 2.75) is 19.3 Å². The van der Waals surface area contributed by atoms with Gasteiger partial charge in [-0.1, -0.05) is 18.2 Å². The van der Waals surface area contributed by atoms with Crippen molar-refractivity contribution in [2.24, 2.45) is 5.92 Å². The number of nitrogens with zero attached hydrogens (tertiary/aromatic N) is 2. The third kappa shape index (κ3) is 3.99. The molecule has 0 aliphatic carbocycles. The Kier molecular flexibility index (Phi) is 5.29. The molecule has 2 heterocycles. The van der Waals surface area contributed by atoms with Crippen molar-refractivity contribution >= 4 is 29.1 Å². The van der Waals surface area contributed by atoms with Crippen LogP contribution in [0.5, 0.6) is 0 Å². The van der Waals surface area contributed by atoms with Crippen LogP contribution in [0.25, 0.3) is 0 Å². The van der Waals surface area contributed by atoms with Gasteiger partial charge in [0, 0.05) is 37.3 Å². The highest BCUT2D eigenvalue weighted by atomic mass is 19.1. The maximum Gasteiger partial charge on any atom is 0.253 e. The molecule has 2 aliphatic rings. The molecule has 2 aliphatic heterocycles. The number of carbonyl (C=O) groups is 3. The van der Waals surface area contributed by atoms with Crippen LogP contribution in [0.15, 0.2) is 48.5 Å². The van der Waals surface area contributed by atoms with Crippen LogP contribution < -0.4 is 10.2 Å². The van der Waals surface area contributed by atoms with Crippen molar-refractivity contribution in [3.63, 3.8) is 0 Å². The number of amides is 3. The molecule has 2 fully saturated rings. The smallest absolute Gasteiger partial charge is 0.253 e. The Morgan fingerprint density at radius 2 is 1.79 bits per heavy atom. The summed E-state index contributed by atoms with van der Waals surface area (Å²) in [4.78, 5) is 40.7. The second-order valence-electron chi connectivity index (χ2n) is 7.43. The molecule has 3 amide bonds. The standard InChI is InChI=1S/C22H22FN3O3/c23-18-8-1-2-9-19(18)26-14-16(13-20(26)27)21(28)24-17-7-5-6-15(12-17)22(29)25-10-3-4-11-25/h1-2,5-9,12,16H,3-4,10-11,13-14H2,(H,24,28). The molecule has 1 atom stereocenters. The number of benzene rings is 2. The molecule has 150 valence electrons. The van der Waals surface area contributed by atoms with Gasteiger partial charge in [-0.2, -0.15) is 0 Å². The summed E-state index contributed by atoms with van der Waals surface area (Å²) in [5.74, 6) is -1.72. The summed E-state index contributed by atoms with van der Waals surface area (Å²) in [5.41, 5.74) is 1.23. The van der Waals surface area contributed by atoms with Gasteiger partial charge in [-0.3, -0.25) is 14.4 Å². The van der Waals surface area contributed by atoms with E-state index in [1.165, 1.54) is 17.0 Å². The number of carbonyl (C=O) groups excluding carboxylic acids is 3. The second-order valence-corrected chi connectivity index (χ2v) is 7.43. The lowest BCUT2D eigenvalue weighted by atomic mass is 10.1. The van der Waals surface area contributed by atoms with Gasteiger partial charge in [0.05, 0.1) is 11.6 Å². The van der Waals surface area contributed by atoms with Crippen LogP contribution in [-0.4, -0.2) is 42.3 Å². The Hall–Kier alpha value is -3.22. The maximum absolute atomic E-state index is 14.0. The molecule has 0 saturated carbocycles. The fourth-order valence-electron chi connectivity index (χ4n) is 3.86. The fraction of sp³-hybridized carbons (Fsp3) is 0.318. The molecule has 2 saturated heterocycles. The summed E-state index contributed by atoms with van der Waals surface area (Å²) in [6, 6.07) is 12.9. The molecular formula is C22H22FN3O3. The highest BCUT2D eigenvalue weighted by Crippen LogP contribution is 2.28. The van der Waals surface area contributed by atoms with Gasteiger partial charge in [-0.05, 0) is 43.2 Å². The lowest BCUT2D eigenvalue weighted by Crippen LogP contribution is -2.29. The first-order chi connectivity index (χ1) is 14.0. The largest absolute Gasteiger partial charge is 0.339 e. The summed E-state index contributed by atoms with van der Waals surface area (Å²) in [5, 5.41) is 2.79.